The smallest absolute Gasteiger partial charge is 0.0393 e. The summed E-state index contributed by atoms with van der Waals surface area (Å²) < 4.78 is 0. The van der Waals surface area contributed by atoms with Crippen LogP contribution in [0.25, 0.3) is 0 Å². The van der Waals surface area contributed by atoms with Crippen molar-refractivity contribution in [3.63, 3.8) is 0 Å². The molecule has 3 heteroatoms. The van der Waals surface area contributed by atoms with E-state index in [1.165, 1.54) is 31.4 Å². The predicted octanol–water partition coefficient (Wildman–Crippen LogP) is 2.33. The van der Waals surface area contributed by atoms with E-state index in [0.717, 1.165) is 24.8 Å². The maximum absolute atomic E-state index is 4.18. The standard InChI is InChI=1S/C13H21N3/c1-11-10-13(6-7-14-11)16-9-8-15-12-4-2-3-5-12/h6-7,10,12,15H,2-5,8-9H2,1H3,(H,14,16). The Labute approximate surface area is 97.7 Å². The molecular weight excluding hydrogens is 198 g/mol. The highest BCUT2D eigenvalue weighted by Crippen LogP contribution is 2.17. The molecular formula is C13H21N3. The first kappa shape index (κ1) is 11.4. The number of rotatable bonds is 5. The molecule has 0 radical (unpaired) electrons. The van der Waals surface area contributed by atoms with Crippen molar-refractivity contribution in [1.82, 2.24) is 10.3 Å². The number of hydrogen-bond acceptors (Lipinski definition) is 3. The number of anilines is 1. The SMILES string of the molecule is Cc1cc(NCCNC2CCCC2)ccn1. The van der Waals surface area contributed by atoms with E-state index < -0.39 is 0 Å². The molecule has 2 rings (SSSR count). The number of aryl methyl sites for hydroxylation is 1. The maximum atomic E-state index is 4.18. The first-order valence-electron chi connectivity index (χ1n) is 6.24. The minimum absolute atomic E-state index is 0.765. The second kappa shape index (κ2) is 5.85. The zero-order chi connectivity index (χ0) is 11.2. The Morgan fingerprint density at radius 2 is 2.12 bits per heavy atom. The molecule has 0 aromatic carbocycles. The lowest BCUT2D eigenvalue weighted by Crippen LogP contribution is -2.30. The van der Waals surface area contributed by atoms with Crippen molar-refractivity contribution in [3.05, 3.63) is 24.0 Å². The van der Waals surface area contributed by atoms with Crippen LogP contribution in [0.4, 0.5) is 5.69 Å². The topological polar surface area (TPSA) is 37.0 Å². The number of nitrogens with one attached hydrogen (secondary N) is 2. The maximum Gasteiger partial charge on any atom is 0.0393 e. The van der Waals surface area contributed by atoms with Gasteiger partial charge in [-0.3, -0.25) is 4.98 Å². The molecule has 1 aromatic heterocycles. The van der Waals surface area contributed by atoms with Crippen molar-refractivity contribution >= 4 is 5.69 Å². The molecule has 1 fully saturated rings. The van der Waals surface area contributed by atoms with Gasteiger partial charge in [-0.2, -0.15) is 0 Å². The van der Waals surface area contributed by atoms with Gasteiger partial charge in [-0.05, 0) is 31.9 Å². The minimum atomic E-state index is 0.765. The van der Waals surface area contributed by atoms with E-state index in [-0.39, 0.29) is 0 Å². The monoisotopic (exact) mass is 219 g/mol. The molecule has 1 aliphatic carbocycles. The second-order valence-electron chi connectivity index (χ2n) is 4.55. The van der Waals surface area contributed by atoms with E-state index in [0.29, 0.717) is 0 Å². The Balaban J connectivity index is 1.64. The summed E-state index contributed by atoms with van der Waals surface area (Å²) in [7, 11) is 0. The van der Waals surface area contributed by atoms with E-state index in [1.54, 1.807) is 0 Å². The third-order valence-electron chi connectivity index (χ3n) is 3.14. The lowest BCUT2D eigenvalue weighted by atomic mass is 10.2. The lowest BCUT2D eigenvalue weighted by molar-refractivity contribution is 0.536. The molecule has 1 aromatic rings. The van der Waals surface area contributed by atoms with E-state index in [4.69, 9.17) is 0 Å². The van der Waals surface area contributed by atoms with Crippen LogP contribution in [0, 0.1) is 6.92 Å². The average molecular weight is 219 g/mol. The fraction of sp³-hybridized carbons (Fsp3) is 0.615. The first-order chi connectivity index (χ1) is 7.84. The van der Waals surface area contributed by atoms with Gasteiger partial charge in [0.15, 0.2) is 0 Å². The molecule has 0 atom stereocenters. The van der Waals surface area contributed by atoms with E-state index in [2.05, 4.69) is 21.7 Å². The van der Waals surface area contributed by atoms with Crippen molar-refractivity contribution in [2.24, 2.45) is 0 Å². The Kier molecular flexibility index (Phi) is 4.17. The van der Waals surface area contributed by atoms with E-state index >= 15 is 0 Å². The van der Waals surface area contributed by atoms with Gasteiger partial charge in [0, 0.05) is 36.7 Å². The summed E-state index contributed by atoms with van der Waals surface area (Å²) in [6.45, 7) is 4.05. The molecule has 1 aliphatic rings. The summed E-state index contributed by atoms with van der Waals surface area (Å²) in [6, 6.07) is 4.86. The Morgan fingerprint density at radius 1 is 1.31 bits per heavy atom. The second-order valence-corrected chi connectivity index (χ2v) is 4.55. The molecule has 2 N–H and O–H groups in total. The molecule has 0 aliphatic heterocycles. The summed E-state index contributed by atoms with van der Waals surface area (Å²) in [5, 5.41) is 7.00. The van der Waals surface area contributed by atoms with Gasteiger partial charge in [0.1, 0.15) is 0 Å². The van der Waals surface area contributed by atoms with Crippen LogP contribution in [0.15, 0.2) is 18.3 Å². The molecule has 3 nitrogen and oxygen atoms in total. The fourth-order valence-corrected chi connectivity index (χ4v) is 2.27. The number of pyridine rings is 1. The van der Waals surface area contributed by atoms with Crippen LogP contribution in [0.3, 0.4) is 0 Å². The van der Waals surface area contributed by atoms with Crippen LogP contribution < -0.4 is 10.6 Å². The number of aromatic nitrogens is 1. The largest absolute Gasteiger partial charge is 0.384 e. The van der Waals surface area contributed by atoms with E-state index in [1.807, 2.05) is 19.2 Å². The van der Waals surface area contributed by atoms with Crippen molar-refractivity contribution < 1.29 is 0 Å². The summed E-state index contributed by atoms with van der Waals surface area (Å²) in [4.78, 5) is 4.18. The average Bonchev–Trinajstić information content (AvgIpc) is 2.77. The van der Waals surface area contributed by atoms with Gasteiger partial charge in [0.25, 0.3) is 0 Å². The van der Waals surface area contributed by atoms with Gasteiger partial charge in [-0.1, -0.05) is 12.8 Å². The summed E-state index contributed by atoms with van der Waals surface area (Å²) in [5.41, 5.74) is 2.23. The first-order valence-corrected chi connectivity index (χ1v) is 6.24. The molecule has 1 saturated carbocycles. The highest BCUT2D eigenvalue weighted by Gasteiger charge is 2.12. The summed E-state index contributed by atoms with van der Waals surface area (Å²) in [6.07, 6.45) is 7.36. The summed E-state index contributed by atoms with van der Waals surface area (Å²) >= 11 is 0. The van der Waals surface area contributed by atoms with Crippen molar-refractivity contribution in [2.45, 2.75) is 38.6 Å². The Morgan fingerprint density at radius 3 is 2.88 bits per heavy atom. The van der Waals surface area contributed by atoms with Gasteiger partial charge in [0.05, 0.1) is 0 Å². The molecule has 0 spiro atoms. The molecule has 0 saturated heterocycles. The van der Waals surface area contributed by atoms with Crippen molar-refractivity contribution in [1.29, 1.82) is 0 Å². The summed E-state index contributed by atoms with van der Waals surface area (Å²) in [5.74, 6) is 0. The Bertz CT molecular complexity index is 319. The quantitative estimate of drug-likeness (QED) is 0.746. The fourth-order valence-electron chi connectivity index (χ4n) is 2.27. The van der Waals surface area contributed by atoms with Crippen molar-refractivity contribution in [3.8, 4) is 0 Å². The van der Waals surface area contributed by atoms with Crippen LogP contribution in [-0.4, -0.2) is 24.1 Å². The van der Waals surface area contributed by atoms with E-state index in [9.17, 15) is 0 Å². The zero-order valence-electron chi connectivity index (χ0n) is 10.00. The normalized spacial score (nSPS) is 16.6. The highest BCUT2D eigenvalue weighted by molar-refractivity contribution is 5.42. The number of hydrogen-bond donors (Lipinski definition) is 2. The Hall–Kier alpha value is -1.09. The predicted molar refractivity (Wildman–Crippen MR) is 67.7 cm³/mol. The highest BCUT2D eigenvalue weighted by atomic mass is 15.0. The van der Waals surface area contributed by atoms with Crippen LogP contribution >= 0.6 is 0 Å². The van der Waals surface area contributed by atoms with Crippen LogP contribution in [0.2, 0.25) is 0 Å². The van der Waals surface area contributed by atoms with Gasteiger partial charge in [-0.15, -0.1) is 0 Å². The zero-order valence-corrected chi connectivity index (χ0v) is 10.00. The molecule has 16 heavy (non-hydrogen) atoms. The molecule has 88 valence electrons. The van der Waals surface area contributed by atoms with Gasteiger partial charge in [-0.25, -0.2) is 0 Å². The van der Waals surface area contributed by atoms with Crippen LogP contribution in [0.5, 0.6) is 0 Å². The lowest BCUT2D eigenvalue weighted by Gasteiger charge is -2.12. The third-order valence-corrected chi connectivity index (χ3v) is 3.14. The van der Waals surface area contributed by atoms with Gasteiger partial charge >= 0.3 is 0 Å². The number of nitrogens with zero attached hydrogens (tertiary/aromatic N) is 1. The molecule has 0 unspecified atom stereocenters. The van der Waals surface area contributed by atoms with Crippen LogP contribution in [0.1, 0.15) is 31.4 Å². The van der Waals surface area contributed by atoms with Crippen LogP contribution in [-0.2, 0) is 0 Å². The molecule has 1 heterocycles. The minimum Gasteiger partial charge on any atom is -0.384 e. The molecule has 0 bridgehead atoms. The van der Waals surface area contributed by atoms with Gasteiger partial charge < -0.3 is 10.6 Å². The van der Waals surface area contributed by atoms with Crippen molar-refractivity contribution in [2.75, 3.05) is 18.4 Å². The third kappa shape index (κ3) is 3.49. The molecule has 0 amide bonds. The van der Waals surface area contributed by atoms with Gasteiger partial charge in [0.2, 0.25) is 0 Å².